The SMILES string of the molecule is CC1CN(CCC(=O)c2ccccc2)C(C)CN1CCC(=O)c1ccccc1. The van der Waals surface area contributed by atoms with Gasteiger partial charge in [0.25, 0.3) is 0 Å². The lowest BCUT2D eigenvalue weighted by molar-refractivity contribution is 0.0401. The van der Waals surface area contributed by atoms with Gasteiger partial charge in [-0.25, -0.2) is 0 Å². The molecule has 0 amide bonds. The third kappa shape index (κ3) is 5.37. The maximum absolute atomic E-state index is 12.4. The highest BCUT2D eigenvalue weighted by atomic mass is 16.1. The molecule has 0 spiro atoms. The number of carbonyl (C=O) groups excluding carboxylic acids is 2. The zero-order valence-electron chi connectivity index (χ0n) is 16.9. The predicted octanol–water partition coefficient (Wildman–Crippen LogP) is 3.93. The molecule has 1 aliphatic heterocycles. The van der Waals surface area contributed by atoms with E-state index in [2.05, 4.69) is 23.6 Å². The Labute approximate surface area is 168 Å². The predicted molar refractivity (Wildman–Crippen MR) is 113 cm³/mol. The smallest absolute Gasteiger partial charge is 0.164 e. The summed E-state index contributed by atoms with van der Waals surface area (Å²) < 4.78 is 0. The van der Waals surface area contributed by atoms with Crippen molar-refractivity contribution in [1.29, 1.82) is 0 Å². The lowest BCUT2D eigenvalue weighted by Gasteiger charge is -2.44. The van der Waals surface area contributed by atoms with E-state index in [1.807, 2.05) is 60.7 Å². The Morgan fingerprint density at radius 2 is 1.07 bits per heavy atom. The molecule has 28 heavy (non-hydrogen) atoms. The number of piperazine rings is 1. The molecule has 3 rings (SSSR count). The van der Waals surface area contributed by atoms with Crippen LogP contribution in [0.5, 0.6) is 0 Å². The van der Waals surface area contributed by atoms with Gasteiger partial charge < -0.3 is 0 Å². The molecular weight excluding hydrogens is 348 g/mol. The molecule has 1 heterocycles. The second-order valence-corrected chi connectivity index (χ2v) is 7.77. The molecule has 2 unspecified atom stereocenters. The van der Waals surface area contributed by atoms with Crippen molar-refractivity contribution >= 4 is 11.6 Å². The lowest BCUT2D eigenvalue weighted by Crippen LogP contribution is -2.56. The van der Waals surface area contributed by atoms with Crippen LogP contribution in [0.3, 0.4) is 0 Å². The minimum atomic E-state index is 0.205. The molecule has 0 radical (unpaired) electrons. The van der Waals surface area contributed by atoms with Crippen LogP contribution < -0.4 is 0 Å². The topological polar surface area (TPSA) is 40.6 Å². The Morgan fingerprint density at radius 3 is 1.43 bits per heavy atom. The van der Waals surface area contributed by atoms with Gasteiger partial charge in [-0.2, -0.15) is 0 Å². The molecule has 0 aliphatic carbocycles. The second kappa shape index (κ2) is 9.76. The van der Waals surface area contributed by atoms with Gasteiger partial charge in [0.05, 0.1) is 0 Å². The third-order valence-electron chi connectivity index (χ3n) is 5.69. The van der Waals surface area contributed by atoms with Crippen molar-refractivity contribution in [2.45, 2.75) is 38.8 Å². The Bertz CT molecular complexity index is 708. The van der Waals surface area contributed by atoms with Crippen molar-refractivity contribution in [3.8, 4) is 0 Å². The van der Waals surface area contributed by atoms with Crippen LogP contribution in [-0.4, -0.2) is 59.6 Å². The molecule has 148 valence electrons. The van der Waals surface area contributed by atoms with Crippen molar-refractivity contribution in [2.75, 3.05) is 26.2 Å². The van der Waals surface area contributed by atoms with Crippen LogP contribution in [0.25, 0.3) is 0 Å². The molecule has 2 aromatic rings. The van der Waals surface area contributed by atoms with Gasteiger partial charge in [0.1, 0.15) is 0 Å². The average Bonchev–Trinajstić information content (AvgIpc) is 2.73. The Morgan fingerprint density at radius 1 is 0.714 bits per heavy atom. The number of benzene rings is 2. The molecular formula is C24H30N2O2. The molecule has 2 atom stereocenters. The van der Waals surface area contributed by atoms with Gasteiger partial charge >= 0.3 is 0 Å². The fourth-order valence-electron chi connectivity index (χ4n) is 3.92. The molecule has 2 aromatic carbocycles. The van der Waals surface area contributed by atoms with E-state index in [0.29, 0.717) is 24.9 Å². The number of rotatable bonds is 8. The summed E-state index contributed by atoms with van der Waals surface area (Å²) in [5, 5.41) is 0. The molecule has 0 bridgehead atoms. The first kappa shape index (κ1) is 20.4. The van der Waals surface area contributed by atoms with Gasteiger partial charge in [-0.05, 0) is 13.8 Å². The maximum atomic E-state index is 12.4. The summed E-state index contributed by atoms with van der Waals surface area (Å²) in [6, 6.07) is 19.8. The van der Waals surface area contributed by atoms with E-state index in [0.717, 1.165) is 37.3 Å². The van der Waals surface area contributed by atoms with E-state index in [1.165, 1.54) is 0 Å². The molecule has 1 aliphatic rings. The molecule has 1 saturated heterocycles. The van der Waals surface area contributed by atoms with Crippen molar-refractivity contribution in [2.24, 2.45) is 0 Å². The summed E-state index contributed by atoms with van der Waals surface area (Å²) in [5.74, 6) is 0.410. The zero-order chi connectivity index (χ0) is 19.9. The van der Waals surface area contributed by atoms with Gasteiger partial charge in [0.15, 0.2) is 11.6 Å². The van der Waals surface area contributed by atoms with Gasteiger partial charge in [0, 0.05) is 62.2 Å². The second-order valence-electron chi connectivity index (χ2n) is 7.77. The fourth-order valence-corrected chi connectivity index (χ4v) is 3.92. The third-order valence-corrected chi connectivity index (χ3v) is 5.69. The largest absolute Gasteiger partial charge is 0.297 e. The lowest BCUT2D eigenvalue weighted by atomic mass is 10.0. The highest BCUT2D eigenvalue weighted by Gasteiger charge is 2.29. The number of ketones is 2. The van der Waals surface area contributed by atoms with Crippen LogP contribution in [0.2, 0.25) is 0 Å². The summed E-state index contributed by atoms with van der Waals surface area (Å²) in [7, 11) is 0. The van der Waals surface area contributed by atoms with E-state index >= 15 is 0 Å². The normalized spacial score (nSPS) is 20.8. The van der Waals surface area contributed by atoms with Crippen LogP contribution in [0.1, 0.15) is 47.4 Å². The molecule has 1 fully saturated rings. The monoisotopic (exact) mass is 378 g/mol. The highest BCUT2D eigenvalue weighted by Crippen LogP contribution is 2.17. The van der Waals surface area contributed by atoms with Crippen LogP contribution in [-0.2, 0) is 0 Å². The van der Waals surface area contributed by atoms with E-state index in [9.17, 15) is 9.59 Å². The van der Waals surface area contributed by atoms with Gasteiger partial charge in [-0.3, -0.25) is 19.4 Å². The average molecular weight is 379 g/mol. The zero-order valence-corrected chi connectivity index (χ0v) is 16.9. The first-order valence-electron chi connectivity index (χ1n) is 10.2. The van der Waals surface area contributed by atoms with Crippen LogP contribution in [0.4, 0.5) is 0 Å². The molecule has 0 N–H and O–H groups in total. The Hall–Kier alpha value is -2.30. The van der Waals surface area contributed by atoms with Gasteiger partial charge in [-0.15, -0.1) is 0 Å². The standard InChI is InChI=1S/C24H30N2O2/c1-19-17-26(16-14-24(28)22-11-7-4-8-12-22)20(2)18-25(19)15-13-23(27)21-9-5-3-6-10-21/h3-12,19-20H,13-18H2,1-2H3. The summed E-state index contributed by atoms with van der Waals surface area (Å²) in [6.07, 6.45) is 1.10. The quantitative estimate of drug-likeness (QED) is 0.653. The number of carbonyl (C=O) groups is 2. The minimum Gasteiger partial charge on any atom is -0.297 e. The molecule has 4 nitrogen and oxygen atoms in total. The van der Waals surface area contributed by atoms with E-state index < -0.39 is 0 Å². The molecule has 0 aromatic heterocycles. The fraction of sp³-hybridized carbons (Fsp3) is 0.417. The number of nitrogens with zero attached hydrogens (tertiary/aromatic N) is 2. The van der Waals surface area contributed by atoms with Crippen LogP contribution in [0.15, 0.2) is 60.7 Å². The summed E-state index contributed by atoms with van der Waals surface area (Å²) >= 11 is 0. The van der Waals surface area contributed by atoms with Crippen LogP contribution >= 0.6 is 0 Å². The van der Waals surface area contributed by atoms with E-state index in [4.69, 9.17) is 0 Å². The summed E-state index contributed by atoms with van der Waals surface area (Å²) in [5.41, 5.74) is 1.59. The highest BCUT2D eigenvalue weighted by molar-refractivity contribution is 5.96. The van der Waals surface area contributed by atoms with Crippen LogP contribution in [0, 0.1) is 0 Å². The van der Waals surface area contributed by atoms with Crippen molar-refractivity contribution in [1.82, 2.24) is 9.80 Å². The molecule has 0 saturated carbocycles. The summed E-state index contributed by atoms with van der Waals surface area (Å²) in [6.45, 7) is 7.87. The van der Waals surface area contributed by atoms with Crippen molar-refractivity contribution in [3.63, 3.8) is 0 Å². The van der Waals surface area contributed by atoms with Crippen molar-refractivity contribution in [3.05, 3.63) is 71.8 Å². The number of Topliss-reactive ketones (excluding diaryl/α,β-unsaturated/α-hetero) is 2. The summed E-state index contributed by atoms with van der Waals surface area (Å²) in [4.78, 5) is 29.6. The van der Waals surface area contributed by atoms with E-state index in [1.54, 1.807) is 0 Å². The number of hydrogen-bond donors (Lipinski definition) is 0. The first-order valence-corrected chi connectivity index (χ1v) is 10.2. The van der Waals surface area contributed by atoms with E-state index in [-0.39, 0.29) is 11.6 Å². The Balaban J connectivity index is 1.47. The Kier molecular flexibility index (Phi) is 7.12. The van der Waals surface area contributed by atoms with Crippen molar-refractivity contribution < 1.29 is 9.59 Å². The number of hydrogen-bond acceptors (Lipinski definition) is 4. The van der Waals surface area contributed by atoms with Gasteiger partial charge in [-0.1, -0.05) is 60.7 Å². The minimum absolute atomic E-state index is 0.205. The van der Waals surface area contributed by atoms with Gasteiger partial charge in [0.2, 0.25) is 0 Å². The molecule has 4 heteroatoms. The first-order chi connectivity index (χ1) is 13.5. The maximum Gasteiger partial charge on any atom is 0.164 e.